The molecular weight excluding hydrogens is 580 g/mol. The van der Waals surface area contributed by atoms with Gasteiger partial charge in [0.2, 0.25) is 0 Å². The van der Waals surface area contributed by atoms with Crippen LogP contribution in [0.2, 0.25) is 0 Å². The van der Waals surface area contributed by atoms with Crippen LogP contribution in [0, 0.1) is 5.92 Å². The summed E-state index contributed by atoms with van der Waals surface area (Å²) in [6.45, 7) is 4.77. The van der Waals surface area contributed by atoms with E-state index < -0.39 is 35.6 Å². The van der Waals surface area contributed by atoms with Gasteiger partial charge < -0.3 is 15.5 Å². The van der Waals surface area contributed by atoms with E-state index in [0.717, 1.165) is 55.5 Å². The summed E-state index contributed by atoms with van der Waals surface area (Å²) in [6.07, 6.45) is 2.23. The molecule has 10 heteroatoms. The van der Waals surface area contributed by atoms with E-state index in [2.05, 4.69) is 43.4 Å². The number of nitrogens with one attached hydrogen (secondary N) is 1. The maximum absolute atomic E-state index is 14.0. The molecular formula is C33H38F4N2O3S. The van der Waals surface area contributed by atoms with Crippen LogP contribution in [0.25, 0.3) is 0 Å². The molecule has 5 nitrogen and oxygen atoms in total. The number of carboxylic acid groups (broad SMARTS) is 1. The molecule has 2 aromatic rings. The summed E-state index contributed by atoms with van der Waals surface area (Å²) in [6, 6.07) is 12.2. The normalized spacial score (nSPS) is 18.6. The van der Waals surface area contributed by atoms with E-state index in [4.69, 9.17) is 5.11 Å². The average Bonchev–Trinajstić information content (AvgIpc) is 3.31. The molecule has 0 aliphatic heterocycles. The lowest BCUT2D eigenvalue weighted by Crippen LogP contribution is -2.46. The van der Waals surface area contributed by atoms with Gasteiger partial charge in [-0.05, 0) is 117 Å². The van der Waals surface area contributed by atoms with Gasteiger partial charge in [0.05, 0.1) is 11.7 Å². The lowest BCUT2D eigenvalue weighted by atomic mass is 9.84. The first-order valence-electron chi connectivity index (χ1n) is 14.3. The minimum Gasteiger partial charge on any atom is -0.478 e. The zero-order valence-electron chi connectivity index (χ0n) is 24.5. The number of fused-ring (bicyclic) bond motifs is 1. The van der Waals surface area contributed by atoms with E-state index in [-0.39, 0.29) is 24.1 Å². The van der Waals surface area contributed by atoms with Crippen LogP contribution >= 0.6 is 11.9 Å². The lowest BCUT2D eigenvalue weighted by molar-refractivity contribution is -0.137. The number of carboxylic acids is 1. The van der Waals surface area contributed by atoms with Crippen LogP contribution in [-0.4, -0.2) is 52.3 Å². The van der Waals surface area contributed by atoms with Crippen molar-refractivity contribution in [3.05, 3.63) is 100 Å². The number of allylic oxidation sites excluding steroid dienone is 5. The van der Waals surface area contributed by atoms with Gasteiger partial charge in [0.15, 0.2) is 0 Å². The van der Waals surface area contributed by atoms with Gasteiger partial charge in [0, 0.05) is 35.5 Å². The molecule has 2 aromatic carbocycles. The molecule has 0 saturated heterocycles. The number of likely N-dealkylation sites (N-methyl/N-ethyl adjacent to an activating group) is 1. The Bertz CT molecular complexity index is 1380. The number of aliphatic hydroxyl groups excluding tert-OH is 1. The van der Waals surface area contributed by atoms with Gasteiger partial charge in [0.25, 0.3) is 0 Å². The number of hydrogen-bond donors (Lipinski definition) is 3. The van der Waals surface area contributed by atoms with Gasteiger partial charge in [-0.1, -0.05) is 30.3 Å². The van der Waals surface area contributed by atoms with Gasteiger partial charge in [-0.15, -0.1) is 0 Å². The number of benzene rings is 2. The Kier molecular flexibility index (Phi) is 10.6. The molecule has 0 bridgehead atoms. The van der Waals surface area contributed by atoms with Crippen LogP contribution in [0.5, 0.6) is 0 Å². The molecule has 2 unspecified atom stereocenters. The molecule has 0 aromatic heterocycles. The number of aliphatic carboxylic acids is 1. The summed E-state index contributed by atoms with van der Waals surface area (Å²) in [7, 11) is 1.70. The molecule has 0 spiro atoms. The molecule has 0 amide bonds. The summed E-state index contributed by atoms with van der Waals surface area (Å²) < 4.78 is 57.2. The van der Waals surface area contributed by atoms with Crippen molar-refractivity contribution in [1.29, 1.82) is 0 Å². The van der Waals surface area contributed by atoms with Gasteiger partial charge in [-0.2, -0.15) is 13.2 Å². The molecule has 4 rings (SSSR count). The van der Waals surface area contributed by atoms with Crippen molar-refractivity contribution >= 4 is 17.9 Å². The van der Waals surface area contributed by atoms with Crippen molar-refractivity contribution in [1.82, 2.24) is 9.62 Å². The monoisotopic (exact) mass is 618 g/mol. The van der Waals surface area contributed by atoms with E-state index >= 15 is 0 Å². The molecule has 0 heterocycles. The number of hydrogen-bond acceptors (Lipinski definition) is 5. The second-order valence-corrected chi connectivity index (χ2v) is 13.3. The number of rotatable bonds is 12. The van der Waals surface area contributed by atoms with Crippen LogP contribution in [0.4, 0.5) is 17.6 Å². The number of alkyl halides is 3. The Morgan fingerprint density at radius 1 is 1.16 bits per heavy atom. The first-order chi connectivity index (χ1) is 20.2. The van der Waals surface area contributed by atoms with Crippen molar-refractivity contribution < 1.29 is 32.6 Å². The SMILES string of the molecule is CN(CC(O)CNC(C)(C)CC1Cc2ccccc2C1)Sc1cc(C2CC=C(F)C=C2/C=C/C(=O)O)cc(C(F)(F)F)c1. The number of β-amino-alcohol motifs (C(OH)–C–C–N with tert-alkyl or cyclic N) is 1. The van der Waals surface area contributed by atoms with Crippen LogP contribution in [0.1, 0.15) is 54.9 Å². The lowest BCUT2D eigenvalue weighted by Gasteiger charge is -2.31. The second kappa shape index (κ2) is 13.8. The van der Waals surface area contributed by atoms with Crippen LogP contribution in [0.3, 0.4) is 0 Å². The first kappa shape index (κ1) is 33.0. The smallest absolute Gasteiger partial charge is 0.416 e. The summed E-state index contributed by atoms with van der Waals surface area (Å²) in [5.74, 6) is -1.93. The van der Waals surface area contributed by atoms with E-state index in [9.17, 15) is 27.5 Å². The minimum absolute atomic E-state index is 0.0933. The molecule has 3 N–H and O–H groups in total. The topological polar surface area (TPSA) is 72.8 Å². The van der Waals surface area contributed by atoms with Gasteiger partial charge in [-0.3, -0.25) is 0 Å². The third-order valence-corrected chi connectivity index (χ3v) is 8.72. The maximum atomic E-state index is 14.0. The van der Waals surface area contributed by atoms with E-state index in [1.54, 1.807) is 17.4 Å². The van der Waals surface area contributed by atoms with E-state index in [1.165, 1.54) is 23.3 Å². The summed E-state index contributed by atoms with van der Waals surface area (Å²) in [5.41, 5.74) is 2.32. The third kappa shape index (κ3) is 9.53. The van der Waals surface area contributed by atoms with Crippen molar-refractivity contribution in [2.45, 2.75) is 68.2 Å². The number of aliphatic hydroxyl groups is 1. The summed E-state index contributed by atoms with van der Waals surface area (Å²) in [5, 5.41) is 23.2. The predicted octanol–water partition coefficient (Wildman–Crippen LogP) is 7.09. The highest BCUT2D eigenvalue weighted by Gasteiger charge is 2.33. The Morgan fingerprint density at radius 2 is 1.84 bits per heavy atom. The van der Waals surface area contributed by atoms with Crippen LogP contribution in [-0.2, 0) is 23.8 Å². The van der Waals surface area contributed by atoms with Crippen molar-refractivity contribution in [3.63, 3.8) is 0 Å². The Morgan fingerprint density at radius 3 is 2.47 bits per heavy atom. The molecule has 43 heavy (non-hydrogen) atoms. The Hall–Kier alpha value is -2.92. The zero-order valence-corrected chi connectivity index (χ0v) is 25.3. The van der Waals surface area contributed by atoms with E-state index in [0.29, 0.717) is 22.9 Å². The number of nitrogens with zero attached hydrogens (tertiary/aromatic N) is 1. The van der Waals surface area contributed by atoms with Crippen molar-refractivity contribution in [2.75, 3.05) is 20.1 Å². The molecule has 0 fully saturated rings. The zero-order chi connectivity index (χ0) is 31.4. The summed E-state index contributed by atoms with van der Waals surface area (Å²) >= 11 is 1.08. The fourth-order valence-corrected chi connectivity index (χ4v) is 6.92. The van der Waals surface area contributed by atoms with Gasteiger partial charge in [0.1, 0.15) is 5.83 Å². The molecule has 232 valence electrons. The largest absolute Gasteiger partial charge is 0.478 e. The van der Waals surface area contributed by atoms with Crippen molar-refractivity contribution in [2.24, 2.45) is 5.92 Å². The highest BCUT2D eigenvalue weighted by Crippen LogP contribution is 2.40. The standard InChI is InChI=1S/C33H38F4N2O3S/c1-32(2,18-21-12-22-6-4-5-7-23(22)13-21)38-19-28(40)20-39(3)43-29-16-25(14-26(17-29)33(35,36)37)30-10-9-27(34)15-24(30)8-11-31(41)42/h4-9,11,14-17,21,28,30,38,40H,10,12-13,18-20H2,1-3H3,(H,41,42)/b11-8+. The van der Waals surface area contributed by atoms with Gasteiger partial charge >= 0.3 is 12.1 Å². The molecule has 2 aliphatic carbocycles. The quantitative estimate of drug-likeness (QED) is 0.134. The van der Waals surface area contributed by atoms with Crippen LogP contribution in [0.15, 0.2) is 83.1 Å². The minimum atomic E-state index is -4.61. The van der Waals surface area contributed by atoms with Crippen molar-refractivity contribution in [3.8, 4) is 0 Å². The van der Waals surface area contributed by atoms with E-state index in [1.807, 2.05) is 0 Å². The fraction of sp³-hybridized carbons (Fsp3) is 0.424. The molecule has 2 aliphatic rings. The predicted molar refractivity (Wildman–Crippen MR) is 161 cm³/mol. The molecule has 2 atom stereocenters. The highest BCUT2D eigenvalue weighted by molar-refractivity contribution is 7.97. The maximum Gasteiger partial charge on any atom is 0.416 e. The third-order valence-electron chi connectivity index (χ3n) is 7.81. The Labute approximate surface area is 254 Å². The fourth-order valence-electron chi connectivity index (χ4n) is 5.95. The Balaban J connectivity index is 1.38. The van der Waals surface area contributed by atoms with Crippen LogP contribution < -0.4 is 5.32 Å². The average molecular weight is 619 g/mol. The second-order valence-electron chi connectivity index (χ2n) is 12.0. The highest BCUT2D eigenvalue weighted by atomic mass is 32.2. The summed E-state index contributed by atoms with van der Waals surface area (Å²) in [4.78, 5) is 11.3. The molecule has 0 saturated carbocycles. The molecule has 0 radical (unpaired) electrons. The number of carbonyl (C=O) groups is 1. The first-order valence-corrected chi connectivity index (χ1v) is 15.1. The van der Waals surface area contributed by atoms with Gasteiger partial charge in [-0.25, -0.2) is 13.5 Å². The number of halogens is 4.